The zero-order chi connectivity index (χ0) is 27.8. The summed E-state index contributed by atoms with van der Waals surface area (Å²) in [6.45, 7) is 2.96. The first-order valence-corrected chi connectivity index (χ1v) is 12.3. The Morgan fingerprint density at radius 2 is 1.95 bits per heavy atom. The van der Waals surface area contributed by atoms with Crippen LogP contribution in [-0.2, 0) is 0 Å². The third-order valence-corrected chi connectivity index (χ3v) is 6.58. The van der Waals surface area contributed by atoms with Gasteiger partial charge in [0, 0.05) is 37.9 Å². The van der Waals surface area contributed by atoms with E-state index in [1.165, 1.54) is 12.3 Å². The molecule has 0 saturated carbocycles. The number of phenolic OH excluding ortho intramolecular Hbond substituents is 1. The molecule has 3 N–H and O–H groups in total. The predicted molar refractivity (Wildman–Crippen MR) is 137 cm³/mol. The number of phenols is 1. The number of aromatic nitrogens is 4. The molecule has 0 bridgehead atoms. The lowest BCUT2D eigenvalue weighted by Crippen LogP contribution is -2.50. The van der Waals surface area contributed by atoms with Gasteiger partial charge in [0.2, 0.25) is 0 Å². The molecule has 0 aliphatic carbocycles. The van der Waals surface area contributed by atoms with Crippen molar-refractivity contribution in [1.82, 2.24) is 24.8 Å². The van der Waals surface area contributed by atoms with E-state index in [1.54, 1.807) is 4.90 Å². The van der Waals surface area contributed by atoms with Gasteiger partial charge in [-0.1, -0.05) is 11.6 Å². The SMILES string of the molecule is CC1CNCCN1c1nc(=O)n(-c2c(OCCO)ccnc2Cl)c2nc(-c3c(F)ccc(F)c3O)c(F)cc12. The van der Waals surface area contributed by atoms with Crippen LogP contribution >= 0.6 is 11.6 Å². The van der Waals surface area contributed by atoms with Crippen molar-refractivity contribution in [2.45, 2.75) is 13.0 Å². The highest BCUT2D eigenvalue weighted by atomic mass is 35.5. The molecule has 1 aromatic carbocycles. The van der Waals surface area contributed by atoms with Gasteiger partial charge in [0.05, 0.1) is 17.6 Å². The number of benzene rings is 1. The standard InChI is InChI=1S/C25H22ClF3N6O4/c1-12-11-30-6-7-34(12)23-13-10-16(29)19(18-14(27)2-3-15(28)21(18)37)32-24(13)35(25(38)33-23)20-17(39-9-8-36)4-5-31-22(20)26/h2-5,10,12,30,36-37H,6-9,11H2,1H3. The molecule has 5 rings (SSSR count). The molecule has 1 fully saturated rings. The Kier molecular flexibility index (Phi) is 7.30. The van der Waals surface area contributed by atoms with Crippen molar-refractivity contribution >= 4 is 28.5 Å². The number of rotatable bonds is 6. The highest BCUT2D eigenvalue weighted by molar-refractivity contribution is 6.31. The summed E-state index contributed by atoms with van der Waals surface area (Å²) in [7, 11) is 0. The summed E-state index contributed by atoms with van der Waals surface area (Å²) in [6, 6.07) is 3.67. The van der Waals surface area contributed by atoms with Crippen LogP contribution in [0.15, 0.2) is 35.3 Å². The lowest BCUT2D eigenvalue weighted by Gasteiger charge is -2.35. The van der Waals surface area contributed by atoms with Gasteiger partial charge in [-0.2, -0.15) is 4.98 Å². The average Bonchev–Trinajstić information content (AvgIpc) is 2.91. The van der Waals surface area contributed by atoms with Crippen molar-refractivity contribution in [3.8, 4) is 28.4 Å². The molecular formula is C25H22ClF3N6O4. The second-order valence-electron chi connectivity index (χ2n) is 8.76. The molecule has 0 amide bonds. The summed E-state index contributed by atoms with van der Waals surface area (Å²) < 4.78 is 51.0. The highest BCUT2D eigenvalue weighted by Gasteiger charge is 2.29. The smallest absolute Gasteiger partial charge is 0.356 e. The van der Waals surface area contributed by atoms with Gasteiger partial charge in [-0.15, -0.1) is 0 Å². The Balaban J connectivity index is 1.89. The molecule has 1 atom stereocenters. The Labute approximate surface area is 224 Å². The third kappa shape index (κ3) is 4.73. The first kappa shape index (κ1) is 26.7. The van der Waals surface area contributed by atoms with Crippen LogP contribution in [0.3, 0.4) is 0 Å². The summed E-state index contributed by atoms with van der Waals surface area (Å²) in [5.41, 5.74) is -2.78. The van der Waals surface area contributed by atoms with Gasteiger partial charge in [-0.3, -0.25) is 0 Å². The van der Waals surface area contributed by atoms with Crippen LogP contribution in [0.1, 0.15) is 6.92 Å². The van der Waals surface area contributed by atoms with Crippen LogP contribution in [0.25, 0.3) is 28.0 Å². The molecule has 1 unspecified atom stereocenters. The molecule has 1 aliphatic rings. The lowest BCUT2D eigenvalue weighted by molar-refractivity contribution is 0.201. The van der Waals surface area contributed by atoms with E-state index in [4.69, 9.17) is 16.3 Å². The number of hydrogen-bond acceptors (Lipinski definition) is 9. The van der Waals surface area contributed by atoms with E-state index >= 15 is 4.39 Å². The van der Waals surface area contributed by atoms with Crippen molar-refractivity contribution in [3.63, 3.8) is 0 Å². The van der Waals surface area contributed by atoms with Crippen LogP contribution in [0.2, 0.25) is 5.15 Å². The van der Waals surface area contributed by atoms with Crippen molar-refractivity contribution in [2.24, 2.45) is 0 Å². The van der Waals surface area contributed by atoms with Gasteiger partial charge in [0.1, 0.15) is 35.4 Å². The van der Waals surface area contributed by atoms with E-state index in [2.05, 4.69) is 20.3 Å². The van der Waals surface area contributed by atoms with Crippen LogP contribution in [-0.4, -0.2) is 68.6 Å². The second kappa shape index (κ2) is 10.7. The molecule has 4 aromatic rings. The molecule has 0 spiro atoms. The van der Waals surface area contributed by atoms with Crippen LogP contribution in [0.5, 0.6) is 11.5 Å². The summed E-state index contributed by atoms with van der Waals surface area (Å²) in [5.74, 6) is -4.40. The Morgan fingerprint density at radius 3 is 2.69 bits per heavy atom. The number of piperazine rings is 1. The lowest BCUT2D eigenvalue weighted by atomic mass is 10.1. The Hall–Kier alpha value is -3.94. The monoisotopic (exact) mass is 562 g/mol. The van der Waals surface area contributed by atoms with E-state index in [-0.39, 0.29) is 52.7 Å². The van der Waals surface area contributed by atoms with E-state index < -0.39 is 40.1 Å². The van der Waals surface area contributed by atoms with Crippen molar-refractivity contribution < 1.29 is 28.1 Å². The number of fused-ring (bicyclic) bond motifs is 1. The van der Waals surface area contributed by atoms with E-state index in [9.17, 15) is 23.8 Å². The topological polar surface area (TPSA) is 126 Å². The molecule has 1 aliphatic heterocycles. The molecule has 3 aromatic heterocycles. The molecule has 10 nitrogen and oxygen atoms in total. The summed E-state index contributed by atoms with van der Waals surface area (Å²) in [5, 5.41) is 22.6. The first-order valence-electron chi connectivity index (χ1n) is 11.9. The minimum Gasteiger partial charge on any atom is -0.504 e. The van der Waals surface area contributed by atoms with Crippen LogP contribution in [0.4, 0.5) is 19.0 Å². The number of ether oxygens (including phenoxy) is 1. The second-order valence-corrected chi connectivity index (χ2v) is 9.12. The molecule has 1 saturated heterocycles. The normalized spacial score (nSPS) is 15.6. The van der Waals surface area contributed by atoms with Gasteiger partial charge < -0.3 is 25.2 Å². The summed E-state index contributed by atoms with van der Waals surface area (Å²) in [6.07, 6.45) is 1.31. The molecule has 0 radical (unpaired) electrons. The fourth-order valence-electron chi connectivity index (χ4n) is 4.51. The number of hydrogen-bond donors (Lipinski definition) is 3. The van der Waals surface area contributed by atoms with Crippen molar-refractivity contribution in [3.05, 3.63) is 63.6 Å². The minimum absolute atomic E-state index is 0.0324. The minimum atomic E-state index is -1.19. The Bertz CT molecular complexity index is 1640. The maximum absolute atomic E-state index is 15.6. The highest BCUT2D eigenvalue weighted by Crippen LogP contribution is 2.38. The van der Waals surface area contributed by atoms with Crippen molar-refractivity contribution in [2.75, 3.05) is 37.7 Å². The van der Waals surface area contributed by atoms with Gasteiger partial charge >= 0.3 is 5.69 Å². The van der Waals surface area contributed by atoms with Crippen LogP contribution in [0, 0.1) is 17.5 Å². The fraction of sp³-hybridized carbons (Fsp3) is 0.280. The van der Waals surface area contributed by atoms with Gasteiger partial charge in [0.25, 0.3) is 0 Å². The maximum atomic E-state index is 15.6. The molecule has 14 heteroatoms. The number of pyridine rings is 2. The number of anilines is 1. The number of halogens is 4. The van der Waals surface area contributed by atoms with Gasteiger partial charge in [-0.25, -0.2) is 32.5 Å². The Morgan fingerprint density at radius 1 is 1.18 bits per heavy atom. The van der Waals surface area contributed by atoms with E-state index in [0.29, 0.717) is 25.7 Å². The van der Waals surface area contributed by atoms with Crippen molar-refractivity contribution in [1.29, 1.82) is 0 Å². The van der Waals surface area contributed by atoms with Gasteiger partial charge in [-0.05, 0) is 25.1 Å². The molecule has 39 heavy (non-hydrogen) atoms. The quantitative estimate of drug-likeness (QED) is 0.304. The zero-order valence-corrected chi connectivity index (χ0v) is 21.2. The maximum Gasteiger partial charge on any atom is 0.356 e. The largest absolute Gasteiger partial charge is 0.504 e. The van der Waals surface area contributed by atoms with E-state index in [1.807, 2.05) is 6.92 Å². The fourth-order valence-corrected chi connectivity index (χ4v) is 4.74. The van der Waals surface area contributed by atoms with E-state index in [0.717, 1.165) is 16.7 Å². The number of aliphatic hydroxyl groups excluding tert-OH is 1. The van der Waals surface area contributed by atoms with Gasteiger partial charge in [0.15, 0.2) is 28.2 Å². The summed E-state index contributed by atoms with van der Waals surface area (Å²) in [4.78, 5) is 27.9. The molecule has 204 valence electrons. The molecular weight excluding hydrogens is 541 g/mol. The number of nitrogens with zero attached hydrogens (tertiary/aromatic N) is 5. The third-order valence-electron chi connectivity index (χ3n) is 6.30. The zero-order valence-electron chi connectivity index (χ0n) is 20.5. The predicted octanol–water partition coefficient (Wildman–Crippen LogP) is 2.79. The number of aliphatic hydroxyl groups is 1. The number of aromatic hydroxyl groups is 1. The number of nitrogens with one attached hydrogen (secondary N) is 1. The first-order chi connectivity index (χ1) is 18.7. The molecule has 4 heterocycles. The van der Waals surface area contributed by atoms with Crippen LogP contribution < -0.4 is 20.6 Å². The average molecular weight is 563 g/mol. The summed E-state index contributed by atoms with van der Waals surface area (Å²) >= 11 is 6.37.